The maximum Gasteiger partial charge on any atom is 0 e. The molecule has 0 aromatic heterocycles. The second-order valence-electron chi connectivity index (χ2n) is 2.66. The Bertz CT molecular complexity index is 321. The molecule has 0 saturated heterocycles. The third-order valence-corrected chi connectivity index (χ3v) is 1.76. The molecule has 3 heteroatoms. The van der Waals surface area contributed by atoms with Gasteiger partial charge in [0.25, 0.3) is 0 Å². The summed E-state index contributed by atoms with van der Waals surface area (Å²) in [5.41, 5.74) is 1.35. The van der Waals surface area contributed by atoms with E-state index in [0.717, 1.165) is 0 Å². The molecule has 0 nitrogen and oxygen atoms in total. The van der Waals surface area contributed by atoms with Gasteiger partial charge in [-0.25, -0.2) is 0 Å². The molecule has 0 spiro atoms. The number of hydrogen-bond donors (Lipinski definition) is 0. The molecule has 0 N–H and O–H groups in total. The second kappa shape index (κ2) is 6.08. The Morgan fingerprint density at radius 2 is 1.69 bits per heavy atom. The molecule has 0 fully saturated rings. The largest absolute Gasteiger partial charge is 1.00 e. The zero-order valence-corrected chi connectivity index (χ0v) is 10.8. The average Bonchev–Trinajstić information content (AvgIpc) is 2.27. The molecular formula is C10H9F2Hf-3. The van der Waals surface area contributed by atoms with Gasteiger partial charge in [-0.15, -0.1) is 40.6 Å². The Labute approximate surface area is 94.8 Å². The fraction of sp³-hybridized carbons (Fsp3) is 0.100. The molecule has 0 bridgehead atoms. The van der Waals surface area contributed by atoms with Crippen LogP contribution in [0.3, 0.4) is 0 Å². The average molecular weight is 346 g/mol. The Balaban J connectivity index is 0. The molecule has 0 atom stereocenters. The van der Waals surface area contributed by atoms with Crippen LogP contribution in [0.2, 0.25) is 0 Å². The summed E-state index contributed by atoms with van der Waals surface area (Å²) in [6.45, 7) is 2.12. The van der Waals surface area contributed by atoms with Crippen LogP contribution in [0.4, 0.5) is 0 Å². The molecule has 2 aromatic carbocycles. The molecule has 2 aromatic rings. The number of fused-ring (bicyclic) bond motifs is 1. The van der Waals surface area contributed by atoms with Gasteiger partial charge in [-0.2, -0.15) is 6.07 Å². The molecule has 0 unspecified atom stereocenters. The minimum absolute atomic E-state index is 0. The third-order valence-electron chi connectivity index (χ3n) is 1.76. The fourth-order valence-electron chi connectivity index (χ4n) is 1.31. The van der Waals surface area contributed by atoms with Gasteiger partial charge in [0.1, 0.15) is 0 Å². The van der Waals surface area contributed by atoms with E-state index in [0.29, 0.717) is 0 Å². The normalized spacial score (nSPS) is 8.08. The second-order valence-corrected chi connectivity index (χ2v) is 2.66. The Kier molecular flexibility index (Phi) is 7.04. The summed E-state index contributed by atoms with van der Waals surface area (Å²) in [6.07, 6.45) is 0. The number of benzene rings is 1. The van der Waals surface area contributed by atoms with E-state index >= 15 is 0 Å². The summed E-state index contributed by atoms with van der Waals surface area (Å²) < 4.78 is 0. The summed E-state index contributed by atoms with van der Waals surface area (Å²) in [5, 5.41) is 2.69. The molecule has 0 aliphatic rings. The van der Waals surface area contributed by atoms with Gasteiger partial charge in [0.2, 0.25) is 0 Å². The van der Waals surface area contributed by atoms with Gasteiger partial charge in [-0.3, -0.25) is 0 Å². The predicted molar refractivity (Wildman–Crippen MR) is 44.3 cm³/mol. The zero-order valence-electron chi connectivity index (χ0n) is 7.22. The van der Waals surface area contributed by atoms with E-state index in [4.69, 9.17) is 0 Å². The van der Waals surface area contributed by atoms with Crippen molar-refractivity contribution in [3.8, 4) is 0 Å². The maximum absolute atomic E-state index is 2.20. The molecule has 0 saturated carbocycles. The van der Waals surface area contributed by atoms with E-state index in [1.54, 1.807) is 0 Å². The van der Waals surface area contributed by atoms with Crippen molar-refractivity contribution >= 4 is 10.8 Å². The van der Waals surface area contributed by atoms with Crippen LogP contribution in [0, 0.1) is 6.92 Å². The van der Waals surface area contributed by atoms with E-state index in [9.17, 15) is 0 Å². The molecule has 2 rings (SSSR count). The number of halogens is 2. The van der Waals surface area contributed by atoms with Crippen molar-refractivity contribution in [2.75, 3.05) is 0 Å². The van der Waals surface area contributed by atoms with Gasteiger partial charge in [-0.1, -0.05) is 13.0 Å². The first-order chi connectivity index (χ1) is 4.86. The van der Waals surface area contributed by atoms with Crippen LogP contribution in [-0.2, 0) is 25.8 Å². The van der Waals surface area contributed by atoms with Crippen LogP contribution < -0.4 is 9.41 Å². The van der Waals surface area contributed by atoms with E-state index in [2.05, 4.69) is 43.3 Å². The summed E-state index contributed by atoms with van der Waals surface area (Å²) in [7, 11) is 0. The van der Waals surface area contributed by atoms with Crippen LogP contribution in [-0.4, -0.2) is 0 Å². The predicted octanol–water partition coefficient (Wildman–Crippen LogP) is -3.13. The van der Waals surface area contributed by atoms with Crippen molar-refractivity contribution in [2.45, 2.75) is 6.92 Å². The maximum atomic E-state index is 2.20. The Morgan fingerprint density at radius 1 is 1.08 bits per heavy atom. The molecule has 0 radical (unpaired) electrons. The van der Waals surface area contributed by atoms with Crippen molar-refractivity contribution in [1.82, 2.24) is 0 Å². The minimum atomic E-state index is 0. The van der Waals surface area contributed by atoms with Crippen molar-refractivity contribution in [1.29, 1.82) is 0 Å². The summed E-state index contributed by atoms with van der Waals surface area (Å²) in [6, 6.07) is 12.8. The van der Waals surface area contributed by atoms with E-state index in [1.165, 1.54) is 16.3 Å². The minimum Gasteiger partial charge on any atom is -1.00 e. The van der Waals surface area contributed by atoms with Crippen LogP contribution in [0.1, 0.15) is 5.56 Å². The number of rotatable bonds is 0. The van der Waals surface area contributed by atoms with Gasteiger partial charge in [-0.05, 0) is 0 Å². The summed E-state index contributed by atoms with van der Waals surface area (Å²) in [4.78, 5) is 0. The van der Waals surface area contributed by atoms with Crippen LogP contribution in [0.25, 0.3) is 10.8 Å². The first-order valence-corrected chi connectivity index (χ1v) is 3.48. The third kappa shape index (κ3) is 3.07. The molecule has 0 heterocycles. The van der Waals surface area contributed by atoms with Crippen molar-refractivity contribution in [2.24, 2.45) is 0 Å². The molecule has 0 aliphatic carbocycles. The fourth-order valence-corrected chi connectivity index (χ4v) is 1.31. The van der Waals surface area contributed by atoms with Gasteiger partial charge >= 0.3 is 0 Å². The van der Waals surface area contributed by atoms with Crippen LogP contribution in [0.5, 0.6) is 0 Å². The summed E-state index contributed by atoms with van der Waals surface area (Å²) >= 11 is 0. The Morgan fingerprint density at radius 3 is 2.31 bits per heavy atom. The van der Waals surface area contributed by atoms with Gasteiger partial charge in [0, 0.05) is 25.8 Å². The van der Waals surface area contributed by atoms with Crippen molar-refractivity contribution in [3.05, 3.63) is 42.0 Å². The standard InChI is InChI=1S/C10H9.2FH.Hf/c1-8-6-9-4-2-3-5-10(9)7-8;;;/h2-7H,1H3;2*1H;/q-1;;;/p-2. The zero-order chi connectivity index (χ0) is 6.97. The van der Waals surface area contributed by atoms with E-state index in [-0.39, 0.29) is 35.3 Å². The molecular weight excluding hydrogens is 337 g/mol. The monoisotopic (exact) mass is 347 g/mol. The summed E-state index contributed by atoms with van der Waals surface area (Å²) in [5.74, 6) is 0. The van der Waals surface area contributed by atoms with Gasteiger partial charge in [0.05, 0.1) is 0 Å². The van der Waals surface area contributed by atoms with E-state index < -0.39 is 0 Å². The molecule has 70 valence electrons. The van der Waals surface area contributed by atoms with Gasteiger partial charge < -0.3 is 9.41 Å². The number of aryl methyl sites for hydroxylation is 1. The first kappa shape index (κ1) is 15.1. The molecule has 13 heavy (non-hydrogen) atoms. The quantitative estimate of drug-likeness (QED) is 0.350. The van der Waals surface area contributed by atoms with Crippen LogP contribution >= 0.6 is 0 Å². The van der Waals surface area contributed by atoms with E-state index in [1.807, 2.05) is 0 Å². The first-order valence-electron chi connectivity index (χ1n) is 3.48. The van der Waals surface area contributed by atoms with Crippen molar-refractivity contribution in [3.63, 3.8) is 0 Å². The van der Waals surface area contributed by atoms with Gasteiger partial charge in [0.15, 0.2) is 0 Å². The van der Waals surface area contributed by atoms with Crippen molar-refractivity contribution < 1.29 is 35.3 Å². The topological polar surface area (TPSA) is 0 Å². The molecule has 0 amide bonds. The molecule has 0 aliphatic heterocycles. The SMILES string of the molecule is Cc1cc2ccccc2[cH-]1.[F-].[F-].[Hf]. The Hall–Kier alpha value is -0.440. The van der Waals surface area contributed by atoms with Crippen LogP contribution in [0.15, 0.2) is 36.4 Å². The smallest absolute Gasteiger partial charge is 0 e. The number of hydrogen-bond acceptors (Lipinski definition) is 0.